The first-order valence-corrected chi connectivity index (χ1v) is 10.1. The van der Waals surface area contributed by atoms with Crippen molar-refractivity contribution >= 4 is 28.3 Å². The highest BCUT2D eigenvalue weighted by Crippen LogP contribution is 2.19. The van der Waals surface area contributed by atoms with E-state index >= 15 is 0 Å². The normalized spacial score (nSPS) is 13.0. The van der Waals surface area contributed by atoms with Crippen molar-refractivity contribution in [2.45, 2.75) is 25.0 Å². The van der Waals surface area contributed by atoms with E-state index in [0.29, 0.717) is 11.8 Å². The Labute approximate surface area is 168 Å². The highest BCUT2D eigenvalue weighted by atomic mass is 32.2. The monoisotopic (exact) mass is 419 g/mol. The number of ether oxygens (including phenoxy) is 1. The molecular weight excluding hydrogens is 398 g/mol. The topological polar surface area (TPSA) is 108 Å². The van der Waals surface area contributed by atoms with Crippen molar-refractivity contribution in [3.63, 3.8) is 0 Å². The average Bonchev–Trinajstić information content (AvgIpc) is 3.29. The van der Waals surface area contributed by atoms with E-state index in [9.17, 15) is 8.42 Å². The molecule has 2 heterocycles. The van der Waals surface area contributed by atoms with E-state index in [2.05, 4.69) is 9.97 Å². The lowest BCUT2D eigenvalue weighted by Crippen LogP contribution is -2.21. The lowest BCUT2D eigenvalue weighted by Gasteiger charge is -2.13. The Morgan fingerprint density at radius 3 is 2.55 bits per heavy atom. The standard InChI is InChI=1S/C19H21N3O6S/c1-13-5-8-16(9-6-13)29(23,24)28-14(2)26-18-12-25-17(21-18)10-7-15-11-20-19(27-15)22(3)4/h5-12,14H,1-4H3. The van der Waals surface area contributed by atoms with Crippen LogP contribution in [0.25, 0.3) is 12.2 Å². The Morgan fingerprint density at radius 1 is 1.17 bits per heavy atom. The van der Waals surface area contributed by atoms with Crippen LogP contribution in [0.3, 0.4) is 0 Å². The fraction of sp³-hybridized carbons (Fsp3) is 0.263. The molecule has 1 aromatic carbocycles. The van der Waals surface area contributed by atoms with Crippen LogP contribution in [0, 0.1) is 6.92 Å². The minimum atomic E-state index is -3.96. The third kappa shape index (κ3) is 5.46. The van der Waals surface area contributed by atoms with Crippen LogP contribution < -0.4 is 9.64 Å². The van der Waals surface area contributed by atoms with E-state index in [4.69, 9.17) is 17.8 Å². The van der Waals surface area contributed by atoms with Crippen molar-refractivity contribution in [1.82, 2.24) is 9.97 Å². The summed E-state index contributed by atoms with van der Waals surface area (Å²) in [6.45, 7) is 3.32. The number of aromatic nitrogens is 2. The summed E-state index contributed by atoms with van der Waals surface area (Å²) in [4.78, 5) is 9.98. The predicted octanol–water partition coefficient (Wildman–Crippen LogP) is 3.34. The molecule has 1 unspecified atom stereocenters. The van der Waals surface area contributed by atoms with Crippen molar-refractivity contribution in [1.29, 1.82) is 0 Å². The molecule has 3 aromatic rings. The Hall–Kier alpha value is -3.11. The molecule has 0 radical (unpaired) electrons. The van der Waals surface area contributed by atoms with Gasteiger partial charge in [0.2, 0.25) is 12.2 Å². The Bertz CT molecular complexity index is 1080. The molecule has 0 aliphatic rings. The third-order valence-corrected chi connectivity index (χ3v) is 5.02. The van der Waals surface area contributed by atoms with Gasteiger partial charge in [0.05, 0.1) is 11.1 Å². The average molecular weight is 419 g/mol. The maximum atomic E-state index is 12.3. The summed E-state index contributed by atoms with van der Waals surface area (Å²) in [6, 6.07) is 6.80. The van der Waals surface area contributed by atoms with Gasteiger partial charge in [-0.25, -0.2) is 9.17 Å². The molecular formula is C19H21N3O6S. The van der Waals surface area contributed by atoms with Gasteiger partial charge in [0.1, 0.15) is 5.76 Å². The van der Waals surface area contributed by atoms with Crippen molar-refractivity contribution < 1.29 is 26.2 Å². The number of rotatable bonds is 8. The van der Waals surface area contributed by atoms with Crippen LogP contribution in [0.2, 0.25) is 0 Å². The van der Waals surface area contributed by atoms with Crippen molar-refractivity contribution in [3.8, 4) is 5.88 Å². The largest absolute Gasteiger partial charge is 0.444 e. The van der Waals surface area contributed by atoms with Crippen molar-refractivity contribution in [2.24, 2.45) is 0 Å². The van der Waals surface area contributed by atoms with E-state index in [-0.39, 0.29) is 16.7 Å². The molecule has 9 nitrogen and oxygen atoms in total. The molecule has 0 aliphatic heterocycles. The van der Waals surface area contributed by atoms with Gasteiger partial charge in [0, 0.05) is 20.2 Å². The molecule has 0 bridgehead atoms. The first-order chi connectivity index (χ1) is 13.7. The fourth-order valence-corrected chi connectivity index (χ4v) is 3.22. The van der Waals surface area contributed by atoms with Crippen molar-refractivity contribution in [3.05, 3.63) is 53.9 Å². The SMILES string of the molecule is Cc1ccc(S(=O)(=O)OC(C)Oc2coc(C=Cc3cnc(N(C)C)o3)n2)cc1. The third-order valence-electron chi connectivity index (χ3n) is 3.64. The minimum absolute atomic E-state index is 0.0477. The number of hydrogen-bond acceptors (Lipinski definition) is 9. The number of aryl methyl sites for hydroxylation is 1. The van der Waals surface area contributed by atoms with Gasteiger partial charge in [0.25, 0.3) is 22.0 Å². The summed E-state index contributed by atoms with van der Waals surface area (Å²) in [5.74, 6) is 0.856. The summed E-state index contributed by atoms with van der Waals surface area (Å²) in [6.07, 6.45) is 4.93. The quantitative estimate of drug-likeness (QED) is 0.401. The Balaban J connectivity index is 1.60. The summed E-state index contributed by atoms with van der Waals surface area (Å²) in [7, 11) is -0.324. The van der Waals surface area contributed by atoms with Crippen LogP contribution in [0.5, 0.6) is 5.88 Å². The number of benzene rings is 1. The van der Waals surface area contributed by atoms with Gasteiger partial charge < -0.3 is 18.5 Å². The number of nitrogens with zero attached hydrogens (tertiary/aromatic N) is 3. The predicted molar refractivity (Wildman–Crippen MR) is 106 cm³/mol. The molecule has 2 aromatic heterocycles. The molecule has 0 saturated heterocycles. The van der Waals surface area contributed by atoms with Crippen LogP contribution in [0.1, 0.15) is 24.1 Å². The Kier molecular flexibility index (Phi) is 6.04. The van der Waals surface area contributed by atoms with Crippen LogP contribution in [0.15, 0.2) is 50.5 Å². The first kappa shape index (κ1) is 20.6. The van der Waals surface area contributed by atoms with Gasteiger partial charge in [-0.1, -0.05) is 17.7 Å². The summed E-state index contributed by atoms with van der Waals surface area (Å²) in [5, 5.41) is 0. The van der Waals surface area contributed by atoms with E-state index < -0.39 is 16.4 Å². The zero-order valence-electron chi connectivity index (χ0n) is 16.4. The second-order valence-corrected chi connectivity index (χ2v) is 7.92. The molecule has 29 heavy (non-hydrogen) atoms. The highest BCUT2D eigenvalue weighted by molar-refractivity contribution is 7.86. The fourth-order valence-electron chi connectivity index (χ4n) is 2.25. The van der Waals surface area contributed by atoms with Crippen LogP contribution in [0.4, 0.5) is 6.01 Å². The number of anilines is 1. The molecule has 0 saturated carbocycles. The lowest BCUT2D eigenvalue weighted by atomic mass is 10.2. The molecule has 0 spiro atoms. The summed E-state index contributed by atoms with van der Waals surface area (Å²) in [5.41, 5.74) is 0.944. The second kappa shape index (κ2) is 8.50. The van der Waals surface area contributed by atoms with Crippen molar-refractivity contribution in [2.75, 3.05) is 19.0 Å². The Morgan fingerprint density at radius 2 is 1.90 bits per heavy atom. The van der Waals surface area contributed by atoms with Gasteiger partial charge in [-0.3, -0.25) is 0 Å². The smallest absolute Gasteiger partial charge is 0.300 e. The first-order valence-electron chi connectivity index (χ1n) is 8.66. The van der Waals surface area contributed by atoms with E-state index in [1.54, 1.807) is 35.4 Å². The van der Waals surface area contributed by atoms with E-state index in [1.807, 2.05) is 21.0 Å². The lowest BCUT2D eigenvalue weighted by molar-refractivity contribution is 0.0243. The van der Waals surface area contributed by atoms with E-state index in [0.717, 1.165) is 5.56 Å². The van der Waals surface area contributed by atoms with Gasteiger partial charge in [-0.15, -0.1) is 0 Å². The zero-order valence-corrected chi connectivity index (χ0v) is 17.2. The second-order valence-electron chi connectivity index (χ2n) is 6.35. The van der Waals surface area contributed by atoms with E-state index in [1.165, 1.54) is 25.3 Å². The molecule has 0 fully saturated rings. The summed E-state index contributed by atoms with van der Waals surface area (Å²) < 4.78 is 45.7. The van der Waals surface area contributed by atoms with Crippen LogP contribution >= 0.6 is 0 Å². The molecule has 3 rings (SSSR count). The molecule has 154 valence electrons. The molecule has 0 amide bonds. The van der Waals surface area contributed by atoms with Crippen LogP contribution in [-0.2, 0) is 14.3 Å². The number of hydrogen-bond donors (Lipinski definition) is 0. The summed E-state index contributed by atoms with van der Waals surface area (Å²) >= 11 is 0. The molecule has 0 aliphatic carbocycles. The molecule has 1 atom stereocenters. The van der Waals surface area contributed by atoms with Gasteiger partial charge in [-0.05, 0) is 32.1 Å². The van der Waals surface area contributed by atoms with Crippen LogP contribution in [-0.4, -0.2) is 38.8 Å². The number of oxazole rings is 2. The zero-order chi connectivity index (χ0) is 21.0. The van der Waals surface area contributed by atoms with Gasteiger partial charge in [-0.2, -0.15) is 13.4 Å². The maximum absolute atomic E-state index is 12.3. The van der Waals surface area contributed by atoms with Gasteiger partial charge >= 0.3 is 0 Å². The van der Waals surface area contributed by atoms with Gasteiger partial charge in [0.15, 0.2) is 6.26 Å². The molecule has 10 heteroatoms. The maximum Gasteiger partial charge on any atom is 0.300 e. The minimum Gasteiger partial charge on any atom is -0.444 e. The molecule has 0 N–H and O–H groups in total. The highest BCUT2D eigenvalue weighted by Gasteiger charge is 2.21.